The Morgan fingerprint density at radius 3 is 2.39 bits per heavy atom. The van der Waals surface area contributed by atoms with E-state index in [1.165, 1.54) is 13.0 Å². The average Bonchev–Trinajstić information content (AvgIpc) is 2.26. The lowest BCUT2D eigenvalue weighted by atomic mass is 10.1. The number of hydrogen-bond acceptors (Lipinski definition) is 3. The van der Waals surface area contributed by atoms with Crippen LogP contribution in [0.1, 0.15) is 26.3 Å². The van der Waals surface area contributed by atoms with E-state index in [4.69, 9.17) is 16.3 Å². The molecule has 0 bridgehead atoms. The molecule has 0 radical (unpaired) electrons. The zero-order chi connectivity index (χ0) is 13.7. The smallest absolute Gasteiger partial charge is 0.342 e. The normalized spacial score (nSPS) is 11.5. The van der Waals surface area contributed by atoms with Crippen molar-refractivity contribution in [1.29, 1.82) is 0 Å². The number of ether oxygens (including phenoxy) is 1. The fourth-order valence-corrected chi connectivity index (χ4v) is 1.52. The van der Waals surface area contributed by atoms with Crippen molar-refractivity contribution in [2.24, 2.45) is 0 Å². The molecule has 0 saturated carbocycles. The molecule has 4 heteroatoms. The van der Waals surface area contributed by atoms with Crippen molar-refractivity contribution < 1.29 is 14.3 Å². The summed E-state index contributed by atoms with van der Waals surface area (Å²) >= 11 is 5.98. The first-order chi connectivity index (χ1) is 8.41. The molecule has 1 aromatic carbocycles. The maximum atomic E-state index is 11.8. The average molecular weight is 267 g/mol. The molecule has 96 valence electrons. The number of carbonyl (C=O) groups excluding carboxylic acids is 2. The summed E-state index contributed by atoms with van der Waals surface area (Å²) in [6, 6.07) is 6.98. The molecule has 0 spiro atoms. The van der Waals surface area contributed by atoms with Gasteiger partial charge in [0.2, 0.25) is 0 Å². The predicted molar refractivity (Wildman–Crippen MR) is 71.3 cm³/mol. The Kier molecular flexibility index (Phi) is 5.10. The first-order valence-corrected chi connectivity index (χ1v) is 5.97. The number of benzene rings is 1. The van der Waals surface area contributed by atoms with Gasteiger partial charge in [-0.15, -0.1) is 0 Å². The summed E-state index contributed by atoms with van der Waals surface area (Å²) in [5.41, 5.74) is 0.613. The SMILES string of the molecule is CC(=O)C(=Cc1ccccc1Cl)C(=O)OC(C)C. The van der Waals surface area contributed by atoms with Gasteiger partial charge in [-0.1, -0.05) is 29.8 Å². The highest BCUT2D eigenvalue weighted by molar-refractivity contribution is 6.32. The third kappa shape index (κ3) is 4.00. The highest BCUT2D eigenvalue weighted by Gasteiger charge is 2.17. The van der Waals surface area contributed by atoms with E-state index in [0.717, 1.165) is 0 Å². The lowest BCUT2D eigenvalue weighted by Gasteiger charge is -2.09. The molecule has 1 rings (SSSR count). The van der Waals surface area contributed by atoms with Crippen molar-refractivity contribution in [3.05, 3.63) is 40.4 Å². The summed E-state index contributed by atoms with van der Waals surface area (Å²) in [5.74, 6) is -0.974. The Morgan fingerprint density at radius 1 is 1.28 bits per heavy atom. The molecule has 0 fully saturated rings. The van der Waals surface area contributed by atoms with Gasteiger partial charge in [-0.3, -0.25) is 4.79 Å². The summed E-state index contributed by atoms with van der Waals surface area (Å²) in [6.45, 7) is 4.78. The second kappa shape index (κ2) is 6.36. The number of hydrogen-bond donors (Lipinski definition) is 0. The second-order valence-corrected chi connectivity index (χ2v) is 4.50. The molecular formula is C14H15ClO3. The van der Waals surface area contributed by atoms with E-state index in [-0.39, 0.29) is 17.5 Å². The second-order valence-electron chi connectivity index (χ2n) is 4.09. The van der Waals surface area contributed by atoms with Crippen molar-refractivity contribution in [2.45, 2.75) is 26.9 Å². The van der Waals surface area contributed by atoms with Crippen LogP contribution < -0.4 is 0 Å². The van der Waals surface area contributed by atoms with Crippen LogP contribution in [0.25, 0.3) is 6.08 Å². The third-order valence-electron chi connectivity index (χ3n) is 2.15. The van der Waals surface area contributed by atoms with Crippen LogP contribution in [0, 0.1) is 0 Å². The fourth-order valence-electron chi connectivity index (χ4n) is 1.33. The fraction of sp³-hybridized carbons (Fsp3) is 0.286. The molecule has 18 heavy (non-hydrogen) atoms. The van der Waals surface area contributed by atoms with Gasteiger partial charge in [-0.05, 0) is 38.5 Å². The quantitative estimate of drug-likeness (QED) is 0.364. The molecule has 0 aliphatic heterocycles. The zero-order valence-electron chi connectivity index (χ0n) is 10.6. The first-order valence-electron chi connectivity index (χ1n) is 5.60. The van der Waals surface area contributed by atoms with Crippen molar-refractivity contribution in [3.8, 4) is 0 Å². The monoisotopic (exact) mass is 266 g/mol. The minimum absolute atomic E-state index is 0.00296. The molecule has 3 nitrogen and oxygen atoms in total. The molecule has 0 amide bonds. The van der Waals surface area contributed by atoms with Gasteiger partial charge in [0.05, 0.1) is 6.10 Å². The molecule has 1 aromatic rings. The summed E-state index contributed by atoms with van der Waals surface area (Å²) in [4.78, 5) is 23.2. The van der Waals surface area contributed by atoms with Crippen LogP contribution >= 0.6 is 11.6 Å². The number of ketones is 1. The Bertz CT molecular complexity index is 490. The van der Waals surface area contributed by atoms with Crippen molar-refractivity contribution in [3.63, 3.8) is 0 Å². The van der Waals surface area contributed by atoms with E-state index in [1.807, 2.05) is 0 Å². The van der Waals surface area contributed by atoms with E-state index in [2.05, 4.69) is 0 Å². The topological polar surface area (TPSA) is 43.4 Å². The van der Waals surface area contributed by atoms with Crippen molar-refractivity contribution in [2.75, 3.05) is 0 Å². The summed E-state index contributed by atoms with van der Waals surface area (Å²) in [6.07, 6.45) is 1.18. The van der Waals surface area contributed by atoms with Gasteiger partial charge < -0.3 is 4.74 Å². The van der Waals surface area contributed by atoms with Crippen LogP contribution in [-0.2, 0) is 14.3 Å². The van der Waals surface area contributed by atoms with E-state index >= 15 is 0 Å². The largest absolute Gasteiger partial charge is 0.459 e. The Labute approximate surface area is 111 Å². The maximum Gasteiger partial charge on any atom is 0.342 e. The molecule has 0 heterocycles. The van der Waals surface area contributed by atoms with Gasteiger partial charge >= 0.3 is 5.97 Å². The Balaban J connectivity index is 3.10. The van der Waals surface area contributed by atoms with Crippen LogP contribution in [0.15, 0.2) is 29.8 Å². The van der Waals surface area contributed by atoms with Crippen LogP contribution in [0.5, 0.6) is 0 Å². The minimum Gasteiger partial charge on any atom is -0.459 e. The number of carbonyl (C=O) groups is 2. The molecule has 0 aromatic heterocycles. The van der Waals surface area contributed by atoms with E-state index < -0.39 is 5.97 Å². The van der Waals surface area contributed by atoms with Crippen molar-refractivity contribution in [1.82, 2.24) is 0 Å². The lowest BCUT2D eigenvalue weighted by Crippen LogP contribution is -2.17. The molecule has 0 N–H and O–H groups in total. The van der Waals surface area contributed by atoms with Gasteiger partial charge in [-0.2, -0.15) is 0 Å². The molecule has 0 saturated heterocycles. The van der Waals surface area contributed by atoms with Crippen LogP contribution in [-0.4, -0.2) is 17.9 Å². The number of rotatable bonds is 4. The van der Waals surface area contributed by atoms with Crippen LogP contribution in [0.3, 0.4) is 0 Å². The molecular weight excluding hydrogens is 252 g/mol. The van der Waals surface area contributed by atoms with Gasteiger partial charge in [-0.25, -0.2) is 4.79 Å². The summed E-state index contributed by atoms with van der Waals surface area (Å²) in [5, 5.41) is 0.480. The lowest BCUT2D eigenvalue weighted by molar-refractivity contribution is -0.143. The maximum absolute atomic E-state index is 11.8. The molecule has 0 atom stereocenters. The van der Waals surface area contributed by atoms with Gasteiger partial charge in [0.25, 0.3) is 0 Å². The van der Waals surface area contributed by atoms with E-state index in [9.17, 15) is 9.59 Å². The first kappa shape index (κ1) is 14.5. The summed E-state index contributed by atoms with van der Waals surface area (Å²) in [7, 11) is 0. The highest BCUT2D eigenvalue weighted by Crippen LogP contribution is 2.19. The van der Waals surface area contributed by atoms with Crippen LogP contribution in [0.2, 0.25) is 5.02 Å². The Hall–Kier alpha value is -1.61. The van der Waals surface area contributed by atoms with Crippen molar-refractivity contribution >= 4 is 29.4 Å². The van der Waals surface area contributed by atoms with Gasteiger partial charge in [0, 0.05) is 5.02 Å². The third-order valence-corrected chi connectivity index (χ3v) is 2.49. The highest BCUT2D eigenvalue weighted by atomic mass is 35.5. The number of esters is 1. The predicted octanol–water partition coefficient (Wildman–Crippen LogP) is 3.26. The van der Waals surface area contributed by atoms with E-state index in [0.29, 0.717) is 10.6 Å². The van der Waals surface area contributed by atoms with Crippen LogP contribution in [0.4, 0.5) is 0 Å². The minimum atomic E-state index is -0.627. The zero-order valence-corrected chi connectivity index (χ0v) is 11.3. The standard InChI is InChI=1S/C14H15ClO3/c1-9(2)18-14(17)12(10(3)16)8-11-6-4-5-7-13(11)15/h4-9H,1-3H3. The summed E-state index contributed by atoms with van der Waals surface area (Å²) < 4.78 is 5.01. The number of halogens is 1. The molecule has 0 aliphatic rings. The van der Waals surface area contributed by atoms with E-state index in [1.54, 1.807) is 38.1 Å². The number of Topliss-reactive ketones (excluding diaryl/α,β-unsaturated/α-hetero) is 1. The molecule has 0 aliphatic carbocycles. The Morgan fingerprint density at radius 2 is 1.89 bits per heavy atom. The van der Waals surface area contributed by atoms with Gasteiger partial charge in [0.1, 0.15) is 5.57 Å². The molecule has 0 unspecified atom stereocenters. The van der Waals surface area contributed by atoms with Gasteiger partial charge in [0.15, 0.2) is 5.78 Å².